The molecule has 0 fully saturated rings. The lowest BCUT2D eigenvalue weighted by molar-refractivity contribution is -0.383. The zero-order valence-electron chi connectivity index (χ0n) is 22.6. The van der Waals surface area contributed by atoms with Gasteiger partial charge in [0.05, 0.1) is 16.3 Å². The molecule has 0 heterocycles. The third-order valence-corrected chi connectivity index (χ3v) is 6.81. The number of nitrogens with zero attached hydrogens (tertiary/aromatic N) is 1. The van der Waals surface area contributed by atoms with E-state index in [1.807, 2.05) is 68.4 Å². The van der Waals surface area contributed by atoms with Crippen LogP contribution in [0.5, 0.6) is 0 Å². The molecule has 5 rings (SSSR count). The topological polar surface area (TPSA) is 113 Å². The highest BCUT2D eigenvalue weighted by atomic mass is 16.6. The first-order chi connectivity index (χ1) is 19.8. The Morgan fingerprint density at radius 2 is 1.22 bits per heavy atom. The molecule has 2 amide bonds. The number of carbonyl (C=O) groups excluding carboxylic acids is 2. The van der Waals surface area contributed by atoms with Crippen LogP contribution in [0.15, 0.2) is 103 Å². The number of hydrogen-bond acceptors (Lipinski definition) is 5. The minimum atomic E-state index is -0.515. The van der Waals surface area contributed by atoms with E-state index in [9.17, 15) is 19.7 Å². The zero-order valence-corrected chi connectivity index (χ0v) is 22.6. The molecule has 0 aliphatic rings. The van der Waals surface area contributed by atoms with E-state index in [1.165, 1.54) is 12.1 Å². The van der Waals surface area contributed by atoms with Gasteiger partial charge >= 0.3 is 0 Å². The van der Waals surface area contributed by atoms with Crippen molar-refractivity contribution >= 4 is 45.3 Å². The number of nitro groups is 1. The van der Waals surface area contributed by atoms with Crippen LogP contribution in [0.1, 0.15) is 37.4 Å². The Balaban J connectivity index is 1.51. The van der Waals surface area contributed by atoms with Gasteiger partial charge in [-0.15, -0.1) is 0 Å². The van der Waals surface area contributed by atoms with Crippen molar-refractivity contribution in [3.05, 3.63) is 141 Å². The molecule has 0 aromatic heterocycles. The first-order valence-electron chi connectivity index (χ1n) is 13.1. The molecule has 0 aliphatic carbocycles. The number of benzene rings is 5. The molecule has 5 aromatic carbocycles. The van der Waals surface area contributed by atoms with Crippen LogP contribution in [0.25, 0.3) is 10.8 Å². The van der Waals surface area contributed by atoms with E-state index in [4.69, 9.17) is 0 Å². The van der Waals surface area contributed by atoms with E-state index in [0.717, 1.165) is 27.5 Å². The second-order valence-electron chi connectivity index (χ2n) is 9.80. The number of carbonyl (C=O) groups is 2. The summed E-state index contributed by atoms with van der Waals surface area (Å²) in [6, 6.07) is 30.5. The number of nitro benzene ring substituents is 1. The van der Waals surface area contributed by atoms with Crippen LogP contribution < -0.4 is 16.0 Å². The minimum Gasteiger partial charge on any atom is -0.375 e. The summed E-state index contributed by atoms with van der Waals surface area (Å²) in [6.45, 7) is 4.14. The van der Waals surface area contributed by atoms with Crippen LogP contribution in [0.4, 0.5) is 22.7 Å². The predicted molar refractivity (Wildman–Crippen MR) is 163 cm³/mol. The summed E-state index contributed by atoms with van der Waals surface area (Å²) in [6.07, 6.45) is 0. The van der Waals surface area contributed by atoms with Gasteiger partial charge in [0.15, 0.2) is 0 Å². The fourth-order valence-corrected chi connectivity index (χ4v) is 4.52. The third kappa shape index (κ3) is 6.23. The van der Waals surface area contributed by atoms with Gasteiger partial charge in [-0.3, -0.25) is 19.7 Å². The number of fused-ring (bicyclic) bond motifs is 1. The molecule has 0 saturated carbocycles. The smallest absolute Gasteiger partial charge is 0.294 e. The molecule has 204 valence electrons. The van der Waals surface area contributed by atoms with Gasteiger partial charge in [0.25, 0.3) is 17.5 Å². The Morgan fingerprint density at radius 3 is 1.80 bits per heavy atom. The van der Waals surface area contributed by atoms with E-state index < -0.39 is 16.7 Å². The predicted octanol–water partition coefficient (Wildman–Crippen LogP) is 7.48. The number of amides is 2. The van der Waals surface area contributed by atoms with E-state index in [0.29, 0.717) is 17.7 Å². The van der Waals surface area contributed by atoms with Crippen molar-refractivity contribution in [1.29, 1.82) is 0 Å². The normalized spacial score (nSPS) is 10.7. The first-order valence-corrected chi connectivity index (χ1v) is 13.1. The molecular formula is C33H28N4O4. The summed E-state index contributed by atoms with van der Waals surface area (Å²) in [7, 11) is 0. The van der Waals surface area contributed by atoms with E-state index in [-0.39, 0.29) is 22.7 Å². The fraction of sp³-hybridized carbons (Fsp3) is 0.0909. The molecular weight excluding hydrogens is 516 g/mol. The molecule has 0 radical (unpaired) electrons. The summed E-state index contributed by atoms with van der Waals surface area (Å²) >= 11 is 0. The second kappa shape index (κ2) is 11.7. The lowest BCUT2D eigenvalue weighted by Crippen LogP contribution is -2.17. The van der Waals surface area contributed by atoms with Crippen molar-refractivity contribution in [2.75, 3.05) is 16.0 Å². The Morgan fingerprint density at radius 1 is 0.683 bits per heavy atom. The summed E-state index contributed by atoms with van der Waals surface area (Å²) < 4.78 is 0. The van der Waals surface area contributed by atoms with Crippen molar-refractivity contribution in [1.82, 2.24) is 0 Å². The molecule has 41 heavy (non-hydrogen) atoms. The highest BCUT2D eigenvalue weighted by molar-refractivity contribution is 6.11. The SMILES string of the molecule is Cc1ccc(C(=O)Nc2cc(NCc3cccc4ccccc34)c([N+](=O)[O-])cc2NC(=O)c2ccc(C)cc2)cc1. The summed E-state index contributed by atoms with van der Waals surface area (Å²) in [4.78, 5) is 37.8. The minimum absolute atomic E-state index is 0.110. The van der Waals surface area contributed by atoms with Crippen molar-refractivity contribution in [3.8, 4) is 0 Å². The number of hydrogen-bond donors (Lipinski definition) is 3. The Labute approximate surface area is 237 Å². The Kier molecular flexibility index (Phi) is 7.74. The summed E-state index contributed by atoms with van der Waals surface area (Å²) in [5.74, 6) is -0.869. The summed E-state index contributed by atoms with van der Waals surface area (Å²) in [5, 5.41) is 23.0. The van der Waals surface area contributed by atoms with Crippen LogP contribution in [0, 0.1) is 24.0 Å². The van der Waals surface area contributed by atoms with Crippen molar-refractivity contribution in [2.24, 2.45) is 0 Å². The quantitative estimate of drug-likeness (QED) is 0.138. The molecule has 0 bridgehead atoms. The molecule has 0 atom stereocenters. The Hall–Kier alpha value is -5.50. The number of anilines is 3. The average Bonchev–Trinajstić information content (AvgIpc) is 2.97. The number of aryl methyl sites for hydroxylation is 2. The van der Waals surface area contributed by atoms with Gasteiger partial charge in [0.1, 0.15) is 5.69 Å². The fourth-order valence-electron chi connectivity index (χ4n) is 4.52. The van der Waals surface area contributed by atoms with Crippen molar-refractivity contribution in [3.63, 3.8) is 0 Å². The van der Waals surface area contributed by atoms with E-state index in [2.05, 4.69) is 16.0 Å². The van der Waals surface area contributed by atoms with Crippen LogP contribution in [0.2, 0.25) is 0 Å². The summed E-state index contributed by atoms with van der Waals surface area (Å²) in [5.41, 5.74) is 4.04. The lowest BCUT2D eigenvalue weighted by Gasteiger charge is -2.16. The zero-order chi connectivity index (χ0) is 28.9. The van der Waals surface area contributed by atoms with E-state index >= 15 is 0 Å². The van der Waals surface area contributed by atoms with Crippen LogP contribution >= 0.6 is 0 Å². The molecule has 0 spiro atoms. The first kappa shape index (κ1) is 27.1. The standard InChI is InChI=1S/C33H28N4O4/c1-21-10-14-24(15-11-21)32(38)35-28-18-30(34-20-26-8-5-7-23-6-3-4-9-27(23)26)31(37(40)41)19-29(28)36-33(39)25-16-12-22(2)13-17-25/h3-19,34H,20H2,1-2H3,(H,35,38)(H,36,39). The van der Waals surface area contributed by atoms with Crippen LogP contribution in [-0.4, -0.2) is 16.7 Å². The van der Waals surface area contributed by atoms with Crippen LogP contribution in [-0.2, 0) is 6.54 Å². The van der Waals surface area contributed by atoms with Crippen molar-refractivity contribution < 1.29 is 14.5 Å². The molecule has 0 aliphatic heterocycles. The van der Waals surface area contributed by atoms with Gasteiger partial charge in [-0.05, 0) is 60.5 Å². The molecule has 8 heteroatoms. The van der Waals surface area contributed by atoms with Gasteiger partial charge in [0, 0.05) is 23.7 Å². The molecule has 3 N–H and O–H groups in total. The molecule has 5 aromatic rings. The number of nitrogens with one attached hydrogen (secondary N) is 3. The van der Waals surface area contributed by atoms with Gasteiger partial charge in [-0.1, -0.05) is 77.9 Å². The van der Waals surface area contributed by atoms with E-state index in [1.54, 1.807) is 36.4 Å². The average molecular weight is 545 g/mol. The van der Waals surface area contributed by atoms with Gasteiger partial charge in [-0.2, -0.15) is 0 Å². The van der Waals surface area contributed by atoms with Gasteiger partial charge in [0.2, 0.25) is 0 Å². The second-order valence-corrected chi connectivity index (χ2v) is 9.80. The maximum atomic E-state index is 13.1. The van der Waals surface area contributed by atoms with Crippen molar-refractivity contribution in [2.45, 2.75) is 20.4 Å². The molecule has 0 unspecified atom stereocenters. The van der Waals surface area contributed by atoms with Crippen LogP contribution in [0.3, 0.4) is 0 Å². The van der Waals surface area contributed by atoms with Gasteiger partial charge < -0.3 is 16.0 Å². The third-order valence-electron chi connectivity index (χ3n) is 6.81. The monoisotopic (exact) mass is 544 g/mol. The van der Waals surface area contributed by atoms with Gasteiger partial charge in [-0.25, -0.2) is 0 Å². The highest BCUT2D eigenvalue weighted by Gasteiger charge is 2.22. The molecule has 8 nitrogen and oxygen atoms in total. The maximum absolute atomic E-state index is 13.1. The lowest BCUT2D eigenvalue weighted by atomic mass is 10.0. The highest BCUT2D eigenvalue weighted by Crippen LogP contribution is 2.36. The number of rotatable bonds is 8. The Bertz CT molecular complexity index is 1760. The molecule has 0 saturated heterocycles. The maximum Gasteiger partial charge on any atom is 0.294 e. The largest absolute Gasteiger partial charge is 0.375 e.